The van der Waals surface area contributed by atoms with Crippen LogP contribution in [0.2, 0.25) is 10.0 Å². The Morgan fingerprint density at radius 2 is 1.51 bits per heavy atom. The van der Waals surface area contributed by atoms with E-state index in [2.05, 4.69) is 5.32 Å². The predicted octanol–water partition coefficient (Wildman–Crippen LogP) is 7.00. The Labute approximate surface area is 287 Å². The molecule has 0 aliphatic rings. The van der Waals surface area contributed by atoms with Crippen LogP contribution in [0, 0.1) is 5.92 Å². The highest BCUT2D eigenvalue weighted by molar-refractivity contribution is 7.92. The highest BCUT2D eigenvalue weighted by Gasteiger charge is 2.35. The number of benzene rings is 4. The fourth-order valence-corrected chi connectivity index (χ4v) is 6.82. The van der Waals surface area contributed by atoms with Gasteiger partial charge in [-0.3, -0.25) is 13.9 Å². The van der Waals surface area contributed by atoms with E-state index in [-0.39, 0.29) is 29.7 Å². The number of rotatable bonds is 15. The summed E-state index contributed by atoms with van der Waals surface area (Å²) in [5, 5.41) is 3.71. The van der Waals surface area contributed by atoms with Crippen molar-refractivity contribution in [2.45, 2.75) is 44.7 Å². The standard InChI is InChI=1S/C36H39Cl2N3O5S/c1-4-46-31-17-19-32(20-18-31)47(44,45)41(30-13-9-6-10-14-30)25-35(42)40(24-28-15-16-29(37)22-33(28)38)34(36(43)39-23-26(2)3)21-27-11-7-5-8-12-27/h5-20,22,26,34H,4,21,23-25H2,1-3H3,(H,39,43). The number of para-hydroxylation sites is 1. The molecule has 0 aromatic heterocycles. The first-order chi connectivity index (χ1) is 22.5. The number of nitrogens with zero attached hydrogens (tertiary/aromatic N) is 2. The minimum Gasteiger partial charge on any atom is -0.494 e. The Morgan fingerprint density at radius 3 is 2.11 bits per heavy atom. The van der Waals surface area contributed by atoms with Crippen LogP contribution in [0.25, 0.3) is 0 Å². The molecule has 0 saturated carbocycles. The molecule has 2 amide bonds. The third-order valence-corrected chi connectivity index (χ3v) is 9.73. The fourth-order valence-electron chi connectivity index (χ4n) is 4.93. The second kappa shape index (κ2) is 16.7. The van der Waals surface area contributed by atoms with Gasteiger partial charge in [0.2, 0.25) is 11.8 Å². The minimum absolute atomic E-state index is 0.0135. The highest BCUT2D eigenvalue weighted by atomic mass is 35.5. The lowest BCUT2D eigenvalue weighted by molar-refractivity contribution is -0.140. The summed E-state index contributed by atoms with van der Waals surface area (Å²) in [7, 11) is -4.24. The molecule has 1 atom stereocenters. The quantitative estimate of drug-likeness (QED) is 0.145. The van der Waals surface area contributed by atoms with E-state index in [1.54, 1.807) is 60.7 Å². The summed E-state index contributed by atoms with van der Waals surface area (Å²) in [6.07, 6.45) is 0.193. The van der Waals surface area contributed by atoms with Crippen LogP contribution in [0.5, 0.6) is 5.75 Å². The molecule has 4 aromatic carbocycles. The number of anilines is 1. The first-order valence-electron chi connectivity index (χ1n) is 15.3. The molecular weight excluding hydrogens is 657 g/mol. The topological polar surface area (TPSA) is 96.0 Å². The Hall–Kier alpha value is -4.05. The average Bonchev–Trinajstić information content (AvgIpc) is 3.06. The number of hydrogen-bond donors (Lipinski definition) is 1. The molecule has 0 saturated heterocycles. The molecule has 0 spiro atoms. The predicted molar refractivity (Wildman–Crippen MR) is 187 cm³/mol. The second-order valence-corrected chi connectivity index (χ2v) is 14.1. The van der Waals surface area contributed by atoms with Gasteiger partial charge in [-0.2, -0.15) is 0 Å². The first kappa shape index (κ1) is 35.8. The van der Waals surface area contributed by atoms with Crippen molar-refractivity contribution < 1.29 is 22.7 Å². The zero-order chi connectivity index (χ0) is 34.0. The Morgan fingerprint density at radius 1 is 0.872 bits per heavy atom. The number of hydrogen-bond acceptors (Lipinski definition) is 5. The third kappa shape index (κ3) is 9.73. The lowest BCUT2D eigenvalue weighted by Gasteiger charge is -2.34. The van der Waals surface area contributed by atoms with Gasteiger partial charge in [0, 0.05) is 29.6 Å². The molecule has 4 rings (SSSR count). The second-order valence-electron chi connectivity index (χ2n) is 11.4. The van der Waals surface area contributed by atoms with E-state index >= 15 is 0 Å². The van der Waals surface area contributed by atoms with Crippen molar-refractivity contribution in [3.05, 3.63) is 124 Å². The van der Waals surface area contributed by atoms with E-state index in [0.29, 0.717) is 40.2 Å². The Kier molecular flexibility index (Phi) is 12.7. The van der Waals surface area contributed by atoms with Gasteiger partial charge in [0.15, 0.2) is 0 Å². The SMILES string of the molecule is CCOc1ccc(S(=O)(=O)N(CC(=O)N(Cc2ccc(Cl)cc2Cl)C(Cc2ccccc2)C(=O)NCC(C)C)c2ccccc2)cc1. The number of carbonyl (C=O) groups is 2. The largest absolute Gasteiger partial charge is 0.494 e. The molecule has 0 aliphatic carbocycles. The van der Waals surface area contributed by atoms with Gasteiger partial charge in [-0.25, -0.2) is 8.42 Å². The van der Waals surface area contributed by atoms with E-state index in [9.17, 15) is 18.0 Å². The summed E-state index contributed by atoms with van der Waals surface area (Å²) in [5.41, 5.74) is 1.68. The van der Waals surface area contributed by atoms with Crippen LogP contribution < -0.4 is 14.4 Å². The number of nitrogens with one attached hydrogen (secondary N) is 1. The smallest absolute Gasteiger partial charge is 0.264 e. The summed E-state index contributed by atoms with van der Waals surface area (Å²) in [4.78, 5) is 29.8. The minimum atomic E-state index is -4.24. The molecule has 248 valence electrons. The van der Waals surface area contributed by atoms with Crippen LogP contribution in [0.15, 0.2) is 108 Å². The van der Waals surface area contributed by atoms with Crippen molar-refractivity contribution in [3.63, 3.8) is 0 Å². The summed E-state index contributed by atoms with van der Waals surface area (Å²) >= 11 is 12.7. The van der Waals surface area contributed by atoms with Gasteiger partial charge < -0.3 is 15.0 Å². The lowest BCUT2D eigenvalue weighted by atomic mass is 10.0. The number of halogens is 2. The molecule has 1 unspecified atom stereocenters. The molecule has 1 N–H and O–H groups in total. The van der Waals surface area contributed by atoms with E-state index in [4.69, 9.17) is 27.9 Å². The van der Waals surface area contributed by atoms with Gasteiger partial charge >= 0.3 is 0 Å². The maximum absolute atomic E-state index is 14.6. The zero-order valence-corrected chi connectivity index (χ0v) is 28.9. The van der Waals surface area contributed by atoms with Gasteiger partial charge in [0.25, 0.3) is 10.0 Å². The van der Waals surface area contributed by atoms with Crippen molar-refractivity contribution in [2.24, 2.45) is 5.92 Å². The maximum Gasteiger partial charge on any atom is 0.264 e. The van der Waals surface area contributed by atoms with E-state index in [1.165, 1.54) is 17.0 Å². The number of carbonyl (C=O) groups excluding carboxylic acids is 2. The molecule has 0 heterocycles. The first-order valence-corrected chi connectivity index (χ1v) is 17.5. The fraction of sp³-hybridized carbons (Fsp3) is 0.278. The molecule has 0 aliphatic heterocycles. The van der Waals surface area contributed by atoms with Crippen LogP contribution in [-0.4, -0.2) is 50.9 Å². The van der Waals surface area contributed by atoms with Crippen LogP contribution in [0.4, 0.5) is 5.69 Å². The van der Waals surface area contributed by atoms with Crippen molar-refractivity contribution in [1.29, 1.82) is 0 Å². The molecule has 4 aromatic rings. The Bertz CT molecular complexity index is 1740. The van der Waals surface area contributed by atoms with Gasteiger partial charge in [0.1, 0.15) is 18.3 Å². The van der Waals surface area contributed by atoms with Gasteiger partial charge in [0.05, 0.1) is 17.2 Å². The van der Waals surface area contributed by atoms with Gasteiger partial charge in [-0.05, 0) is 72.5 Å². The monoisotopic (exact) mass is 695 g/mol. The van der Waals surface area contributed by atoms with Crippen molar-refractivity contribution in [2.75, 3.05) is 24.0 Å². The van der Waals surface area contributed by atoms with Crippen LogP contribution in [-0.2, 0) is 32.6 Å². The normalized spacial score (nSPS) is 12.0. The van der Waals surface area contributed by atoms with Gasteiger partial charge in [-0.15, -0.1) is 0 Å². The van der Waals surface area contributed by atoms with Crippen molar-refractivity contribution in [3.8, 4) is 5.75 Å². The summed E-state index contributed by atoms with van der Waals surface area (Å²) in [6.45, 7) is 5.99. The molecule has 0 radical (unpaired) electrons. The van der Waals surface area contributed by atoms with E-state index < -0.39 is 28.5 Å². The molecule has 47 heavy (non-hydrogen) atoms. The zero-order valence-electron chi connectivity index (χ0n) is 26.6. The van der Waals surface area contributed by atoms with Gasteiger partial charge in [-0.1, -0.05) is 91.6 Å². The average molecular weight is 697 g/mol. The molecule has 11 heteroatoms. The molecule has 0 bridgehead atoms. The lowest BCUT2D eigenvalue weighted by Crippen LogP contribution is -2.53. The third-order valence-electron chi connectivity index (χ3n) is 7.36. The van der Waals surface area contributed by atoms with Crippen LogP contribution in [0.3, 0.4) is 0 Å². The number of sulfonamides is 1. The summed E-state index contributed by atoms with van der Waals surface area (Å²) in [6, 6.07) is 27.7. The molecular formula is C36H39Cl2N3O5S. The Balaban J connectivity index is 1.79. The maximum atomic E-state index is 14.6. The van der Waals surface area contributed by atoms with E-state index in [1.807, 2.05) is 51.1 Å². The summed E-state index contributed by atoms with van der Waals surface area (Å²) < 4.78 is 34.9. The van der Waals surface area contributed by atoms with Crippen LogP contribution >= 0.6 is 23.2 Å². The van der Waals surface area contributed by atoms with Crippen LogP contribution in [0.1, 0.15) is 31.9 Å². The van der Waals surface area contributed by atoms with Crippen molar-refractivity contribution >= 4 is 50.7 Å². The number of amides is 2. The number of ether oxygens (including phenoxy) is 1. The van der Waals surface area contributed by atoms with E-state index in [0.717, 1.165) is 9.87 Å². The van der Waals surface area contributed by atoms with Crippen molar-refractivity contribution in [1.82, 2.24) is 10.2 Å². The molecule has 8 nitrogen and oxygen atoms in total. The molecule has 0 fully saturated rings. The summed E-state index contributed by atoms with van der Waals surface area (Å²) in [5.74, 6) is -0.258. The highest BCUT2D eigenvalue weighted by Crippen LogP contribution is 2.28.